The molecule has 0 radical (unpaired) electrons. The minimum Gasteiger partial charge on any atom is -0.322 e. The molecule has 1 amide bonds. The van der Waals surface area contributed by atoms with E-state index in [-0.39, 0.29) is 11.8 Å². The Bertz CT molecular complexity index is 334. The average molecular weight is 210 g/mol. The standard InChI is InChI=1S/C10H18N4O/c1-4-7(2)9(11)10(15)13-8-5-12-14(3)6-8/h5-7,9H,4,11H2,1-3H3,(H,13,15)/t7?,9-/m0/s1. The molecule has 1 aromatic rings. The summed E-state index contributed by atoms with van der Waals surface area (Å²) in [5, 5.41) is 6.69. The third-order valence-corrected chi connectivity index (χ3v) is 2.53. The van der Waals surface area contributed by atoms with Crippen LogP contribution in [0.1, 0.15) is 20.3 Å². The molecule has 0 aliphatic rings. The summed E-state index contributed by atoms with van der Waals surface area (Å²) < 4.78 is 1.63. The summed E-state index contributed by atoms with van der Waals surface area (Å²) in [6, 6.07) is -0.463. The third-order valence-electron chi connectivity index (χ3n) is 2.53. The van der Waals surface area contributed by atoms with Crippen LogP contribution in [0.15, 0.2) is 12.4 Å². The van der Waals surface area contributed by atoms with Gasteiger partial charge in [-0.2, -0.15) is 5.10 Å². The maximum atomic E-state index is 11.6. The van der Waals surface area contributed by atoms with Gasteiger partial charge in [-0.25, -0.2) is 0 Å². The first-order valence-electron chi connectivity index (χ1n) is 5.09. The van der Waals surface area contributed by atoms with E-state index in [9.17, 15) is 4.79 Å². The Morgan fingerprint density at radius 2 is 2.40 bits per heavy atom. The van der Waals surface area contributed by atoms with Crippen molar-refractivity contribution in [2.45, 2.75) is 26.3 Å². The van der Waals surface area contributed by atoms with Gasteiger partial charge in [-0.05, 0) is 5.92 Å². The number of carbonyl (C=O) groups excluding carboxylic acids is 1. The van der Waals surface area contributed by atoms with Gasteiger partial charge < -0.3 is 11.1 Å². The lowest BCUT2D eigenvalue weighted by Crippen LogP contribution is -2.40. The number of aromatic nitrogens is 2. The second-order valence-electron chi connectivity index (χ2n) is 3.80. The fourth-order valence-electron chi connectivity index (χ4n) is 1.22. The highest BCUT2D eigenvalue weighted by Gasteiger charge is 2.19. The van der Waals surface area contributed by atoms with Gasteiger partial charge in [0.25, 0.3) is 0 Å². The first-order chi connectivity index (χ1) is 7.04. The summed E-state index contributed by atoms with van der Waals surface area (Å²) >= 11 is 0. The first-order valence-corrected chi connectivity index (χ1v) is 5.09. The quantitative estimate of drug-likeness (QED) is 0.769. The molecule has 1 heterocycles. The van der Waals surface area contributed by atoms with Crippen LogP contribution >= 0.6 is 0 Å². The van der Waals surface area contributed by atoms with Crippen LogP contribution in [0.25, 0.3) is 0 Å². The summed E-state index contributed by atoms with van der Waals surface area (Å²) in [4.78, 5) is 11.6. The predicted molar refractivity (Wildman–Crippen MR) is 59.3 cm³/mol. The predicted octanol–water partition coefficient (Wildman–Crippen LogP) is 0.732. The Labute approximate surface area is 89.6 Å². The fraction of sp³-hybridized carbons (Fsp3) is 0.600. The largest absolute Gasteiger partial charge is 0.322 e. The molecule has 1 unspecified atom stereocenters. The Morgan fingerprint density at radius 3 is 2.87 bits per heavy atom. The van der Waals surface area contributed by atoms with Crippen LogP contribution in [-0.2, 0) is 11.8 Å². The van der Waals surface area contributed by atoms with Crippen LogP contribution in [-0.4, -0.2) is 21.7 Å². The number of amides is 1. The molecular weight excluding hydrogens is 192 g/mol. The van der Waals surface area contributed by atoms with Crippen molar-refractivity contribution >= 4 is 11.6 Å². The van der Waals surface area contributed by atoms with Crippen molar-refractivity contribution in [2.75, 3.05) is 5.32 Å². The van der Waals surface area contributed by atoms with E-state index in [4.69, 9.17) is 5.73 Å². The Morgan fingerprint density at radius 1 is 1.73 bits per heavy atom. The Hall–Kier alpha value is -1.36. The van der Waals surface area contributed by atoms with Crippen molar-refractivity contribution in [2.24, 2.45) is 18.7 Å². The van der Waals surface area contributed by atoms with Gasteiger partial charge in [0.15, 0.2) is 0 Å². The summed E-state index contributed by atoms with van der Waals surface area (Å²) in [7, 11) is 1.80. The van der Waals surface area contributed by atoms with Crippen LogP contribution in [0.3, 0.4) is 0 Å². The van der Waals surface area contributed by atoms with E-state index in [0.29, 0.717) is 5.69 Å². The summed E-state index contributed by atoms with van der Waals surface area (Å²) in [5.74, 6) is 0.0269. The van der Waals surface area contributed by atoms with Gasteiger partial charge in [-0.1, -0.05) is 20.3 Å². The molecule has 0 aliphatic heterocycles. The summed E-state index contributed by atoms with van der Waals surface area (Å²) in [6.07, 6.45) is 4.23. The van der Waals surface area contributed by atoms with Crippen LogP contribution in [0, 0.1) is 5.92 Å². The molecule has 5 nitrogen and oxygen atoms in total. The monoisotopic (exact) mass is 210 g/mol. The highest BCUT2D eigenvalue weighted by molar-refractivity contribution is 5.94. The SMILES string of the molecule is CCC(C)[C@H](N)C(=O)Nc1cnn(C)c1. The van der Waals surface area contributed by atoms with Crippen LogP contribution in [0.4, 0.5) is 5.69 Å². The van der Waals surface area contributed by atoms with Gasteiger partial charge in [-0.15, -0.1) is 0 Å². The number of nitrogens with two attached hydrogens (primary N) is 1. The van der Waals surface area contributed by atoms with E-state index in [1.165, 1.54) is 0 Å². The molecule has 0 saturated heterocycles. The highest BCUT2D eigenvalue weighted by Crippen LogP contribution is 2.09. The highest BCUT2D eigenvalue weighted by atomic mass is 16.2. The zero-order chi connectivity index (χ0) is 11.4. The number of hydrogen-bond donors (Lipinski definition) is 2. The number of rotatable bonds is 4. The molecule has 0 aliphatic carbocycles. The average Bonchev–Trinajstić information content (AvgIpc) is 2.61. The number of nitrogens with zero attached hydrogens (tertiary/aromatic N) is 2. The molecule has 0 bridgehead atoms. The molecule has 0 fully saturated rings. The minimum absolute atomic E-state index is 0.155. The molecular formula is C10H18N4O. The van der Waals surface area contributed by atoms with Crippen LogP contribution in [0.2, 0.25) is 0 Å². The van der Waals surface area contributed by atoms with E-state index in [1.807, 2.05) is 13.8 Å². The second kappa shape index (κ2) is 4.93. The summed E-state index contributed by atoms with van der Waals surface area (Å²) in [6.45, 7) is 3.98. The van der Waals surface area contributed by atoms with Gasteiger partial charge in [0.05, 0.1) is 17.9 Å². The summed E-state index contributed by atoms with van der Waals surface area (Å²) in [5.41, 5.74) is 6.47. The minimum atomic E-state index is -0.463. The van der Waals surface area contributed by atoms with Gasteiger partial charge >= 0.3 is 0 Å². The Balaban J connectivity index is 2.55. The zero-order valence-corrected chi connectivity index (χ0v) is 9.40. The number of nitrogens with one attached hydrogen (secondary N) is 1. The molecule has 3 N–H and O–H groups in total. The fourth-order valence-corrected chi connectivity index (χ4v) is 1.22. The van der Waals surface area contributed by atoms with Gasteiger partial charge in [0.2, 0.25) is 5.91 Å². The van der Waals surface area contributed by atoms with E-state index in [2.05, 4.69) is 10.4 Å². The van der Waals surface area contributed by atoms with E-state index in [0.717, 1.165) is 6.42 Å². The van der Waals surface area contributed by atoms with Crippen LogP contribution in [0.5, 0.6) is 0 Å². The van der Waals surface area contributed by atoms with E-state index < -0.39 is 6.04 Å². The van der Waals surface area contributed by atoms with Crippen molar-refractivity contribution < 1.29 is 4.79 Å². The van der Waals surface area contributed by atoms with Crippen molar-refractivity contribution in [3.63, 3.8) is 0 Å². The molecule has 0 saturated carbocycles. The molecule has 5 heteroatoms. The number of aryl methyl sites for hydroxylation is 1. The molecule has 1 rings (SSSR count). The van der Waals surface area contributed by atoms with Crippen molar-refractivity contribution in [1.29, 1.82) is 0 Å². The van der Waals surface area contributed by atoms with Crippen LogP contribution < -0.4 is 11.1 Å². The smallest absolute Gasteiger partial charge is 0.241 e. The number of carbonyl (C=O) groups is 1. The molecule has 0 aromatic carbocycles. The molecule has 0 spiro atoms. The van der Waals surface area contributed by atoms with E-state index >= 15 is 0 Å². The Kier molecular flexibility index (Phi) is 3.85. The first kappa shape index (κ1) is 11.7. The molecule has 15 heavy (non-hydrogen) atoms. The maximum Gasteiger partial charge on any atom is 0.241 e. The van der Waals surface area contributed by atoms with Gasteiger partial charge in [0, 0.05) is 13.2 Å². The lowest BCUT2D eigenvalue weighted by molar-refractivity contribution is -0.118. The van der Waals surface area contributed by atoms with Gasteiger partial charge in [-0.3, -0.25) is 9.48 Å². The zero-order valence-electron chi connectivity index (χ0n) is 9.40. The lowest BCUT2D eigenvalue weighted by Gasteiger charge is -2.16. The second-order valence-corrected chi connectivity index (χ2v) is 3.80. The molecule has 84 valence electrons. The number of anilines is 1. The maximum absolute atomic E-state index is 11.6. The topological polar surface area (TPSA) is 72.9 Å². The normalized spacial score (nSPS) is 14.7. The van der Waals surface area contributed by atoms with Gasteiger partial charge in [0.1, 0.15) is 0 Å². The van der Waals surface area contributed by atoms with Crippen molar-refractivity contribution in [3.05, 3.63) is 12.4 Å². The van der Waals surface area contributed by atoms with Crippen molar-refractivity contribution in [1.82, 2.24) is 9.78 Å². The molecule has 2 atom stereocenters. The van der Waals surface area contributed by atoms with E-state index in [1.54, 1.807) is 24.1 Å². The van der Waals surface area contributed by atoms with Crippen molar-refractivity contribution in [3.8, 4) is 0 Å². The molecule has 1 aromatic heterocycles. The lowest BCUT2D eigenvalue weighted by atomic mass is 9.99. The third kappa shape index (κ3) is 3.06. The number of hydrogen-bond acceptors (Lipinski definition) is 3.